The maximum absolute atomic E-state index is 10.4. The van der Waals surface area contributed by atoms with Crippen LogP contribution in [0.2, 0.25) is 0 Å². The van der Waals surface area contributed by atoms with Crippen molar-refractivity contribution < 1.29 is 39.6 Å². The monoisotopic (exact) mass is 317 g/mol. The van der Waals surface area contributed by atoms with Gasteiger partial charge < -0.3 is 69.5 Å². The first-order valence-corrected chi connectivity index (χ1v) is 4.31. The highest BCUT2D eigenvalue weighted by Gasteiger charge is 2.17. The van der Waals surface area contributed by atoms with Crippen molar-refractivity contribution in [3.63, 3.8) is 0 Å². The largest absolute Gasteiger partial charge is 0.550 e. The molecule has 0 radical (unpaired) electrons. The summed E-state index contributed by atoms with van der Waals surface area (Å²) in [5.41, 5.74) is 0. The molecule has 0 aromatic heterocycles. The predicted octanol–water partition coefficient (Wildman–Crippen LogP) is -5.40. The first kappa shape index (κ1) is 31.2. The quantitative estimate of drug-likeness (QED) is 0.284. The second kappa shape index (κ2) is 14.1. The Morgan fingerprint density at radius 2 is 0.905 bits per heavy atom. The number of rotatable bonds is 8. The van der Waals surface area contributed by atoms with Crippen LogP contribution in [-0.2, 0) is 19.2 Å². The van der Waals surface area contributed by atoms with Crippen molar-refractivity contribution in [1.29, 1.82) is 0 Å². The van der Waals surface area contributed by atoms with E-state index < -0.39 is 48.8 Å². The number of aliphatic carboxylic acids is 4. The SMILES string of the molecule is O=C([O-])CC(N[C@@H](CC(=O)[O-])C(=O)[O-])C(=O)[O-].[NH4+].[NH4+].[NH4+].[NH4+]. The molecule has 1 unspecified atom stereocenters. The van der Waals surface area contributed by atoms with Crippen molar-refractivity contribution in [3.05, 3.63) is 0 Å². The molecule has 0 heterocycles. The van der Waals surface area contributed by atoms with Crippen molar-refractivity contribution in [2.75, 3.05) is 0 Å². The summed E-state index contributed by atoms with van der Waals surface area (Å²) in [6.45, 7) is 0. The average molecular weight is 317 g/mol. The molecule has 13 nitrogen and oxygen atoms in total. The number of quaternary nitrogens is 4. The van der Waals surface area contributed by atoms with Gasteiger partial charge in [0, 0.05) is 24.8 Å². The Morgan fingerprint density at radius 1 is 0.667 bits per heavy atom. The minimum Gasteiger partial charge on any atom is -0.550 e. The van der Waals surface area contributed by atoms with E-state index in [0.717, 1.165) is 0 Å². The zero-order valence-corrected chi connectivity index (χ0v) is 12.3. The van der Waals surface area contributed by atoms with Crippen molar-refractivity contribution >= 4 is 23.9 Å². The van der Waals surface area contributed by atoms with Gasteiger partial charge in [-0.15, -0.1) is 0 Å². The first-order valence-electron chi connectivity index (χ1n) is 4.31. The maximum atomic E-state index is 10.4. The summed E-state index contributed by atoms with van der Waals surface area (Å²) in [7, 11) is 0. The third-order valence-electron chi connectivity index (χ3n) is 1.71. The Labute approximate surface area is 119 Å². The molecule has 0 aromatic rings. The number of carboxylic acids is 4. The van der Waals surface area contributed by atoms with Gasteiger partial charge in [-0.25, -0.2) is 0 Å². The molecule has 0 aliphatic rings. The van der Waals surface area contributed by atoms with Gasteiger partial charge in [-0.2, -0.15) is 0 Å². The first-order chi connectivity index (χ1) is 7.73. The van der Waals surface area contributed by atoms with E-state index in [1.54, 1.807) is 5.32 Å². The molecule has 21 heavy (non-hydrogen) atoms. The highest BCUT2D eigenvalue weighted by atomic mass is 16.4. The van der Waals surface area contributed by atoms with E-state index in [0.29, 0.717) is 0 Å². The van der Waals surface area contributed by atoms with E-state index in [4.69, 9.17) is 0 Å². The van der Waals surface area contributed by atoms with Crippen molar-refractivity contribution in [2.45, 2.75) is 24.9 Å². The van der Waals surface area contributed by atoms with Crippen LogP contribution in [0.4, 0.5) is 0 Å². The molecule has 2 atom stereocenters. The van der Waals surface area contributed by atoms with Crippen LogP contribution in [0, 0.1) is 0 Å². The van der Waals surface area contributed by atoms with Gasteiger partial charge in [-0.1, -0.05) is 0 Å². The fraction of sp³-hybridized carbons (Fsp3) is 0.500. The van der Waals surface area contributed by atoms with Gasteiger partial charge in [0.05, 0.1) is 24.0 Å². The Kier molecular flexibility index (Phi) is 20.9. The highest BCUT2D eigenvalue weighted by Crippen LogP contribution is 1.96. The Hall–Kier alpha value is -2.32. The maximum Gasteiger partial charge on any atom is 0.0588 e. The van der Waals surface area contributed by atoms with E-state index in [2.05, 4.69) is 0 Å². The Bertz CT molecular complexity index is 318. The van der Waals surface area contributed by atoms with Gasteiger partial charge in [0.25, 0.3) is 0 Å². The molecule has 0 spiro atoms. The molecule has 0 aliphatic heterocycles. The normalized spacial score (nSPS) is 11.0. The summed E-state index contributed by atoms with van der Waals surface area (Å²) in [4.78, 5) is 41.2. The molecule has 0 aliphatic carbocycles. The lowest BCUT2D eigenvalue weighted by molar-refractivity contribution is -0.322. The average Bonchev–Trinajstić information content (AvgIpc) is 2.13. The number of hydrogen-bond acceptors (Lipinski definition) is 9. The standard InChI is InChI=1S/C8H11NO8.4H3N/c10-5(11)1-3(7(14)15)9-4(8(16)17)2-6(12)13;;;;/h3-4,9H,1-2H2,(H,10,11)(H,12,13)(H,14,15)(H,16,17);4*1H3/t3-,4?;;;;/m0..../s1. The van der Waals surface area contributed by atoms with Gasteiger partial charge in [0.2, 0.25) is 0 Å². The van der Waals surface area contributed by atoms with E-state index in [1.165, 1.54) is 0 Å². The fourth-order valence-corrected chi connectivity index (χ4v) is 0.997. The van der Waals surface area contributed by atoms with Crippen LogP contribution in [0.1, 0.15) is 12.8 Å². The summed E-state index contributed by atoms with van der Waals surface area (Å²) in [5.74, 6) is -7.34. The van der Waals surface area contributed by atoms with Crippen LogP contribution in [0.25, 0.3) is 0 Å². The number of carbonyl (C=O) groups excluding carboxylic acids is 4. The minimum atomic E-state index is -1.90. The second-order valence-corrected chi connectivity index (χ2v) is 3.06. The van der Waals surface area contributed by atoms with E-state index in [1.807, 2.05) is 0 Å². The molecule has 0 saturated carbocycles. The fourth-order valence-electron chi connectivity index (χ4n) is 0.997. The lowest BCUT2D eigenvalue weighted by Gasteiger charge is -2.27. The molecule has 0 rings (SSSR count). The number of nitrogens with one attached hydrogen (secondary N) is 1. The molecule has 0 amide bonds. The Morgan fingerprint density at radius 3 is 1.05 bits per heavy atom. The minimum absolute atomic E-state index is 0. The molecule has 0 saturated heterocycles. The van der Waals surface area contributed by atoms with Crippen LogP contribution in [0.3, 0.4) is 0 Å². The van der Waals surface area contributed by atoms with E-state index in [-0.39, 0.29) is 24.6 Å². The van der Waals surface area contributed by atoms with Gasteiger partial charge in [-0.05, 0) is 0 Å². The molecular formula is C8H23N5O8. The van der Waals surface area contributed by atoms with Crippen LogP contribution in [-0.4, -0.2) is 36.0 Å². The van der Waals surface area contributed by atoms with Crippen LogP contribution >= 0.6 is 0 Å². The van der Waals surface area contributed by atoms with E-state index >= 15 is 0 Å². The molecule has 13 heteroatoms. The predicted molar refractivity (Wildman–Crippen MR) is 63.9 cm³/mol. The van der Waals surface area contributed by atoms with Gasteiger partial charge in [0.15, 0.2) is 0 Å². The molecule has 0 bridgehead atoms. The van der Waals surface area contributed by atoms with E-state index in [9.17, 15) is 39.6 Å². The van der Waals surface area contributed by atoms with Crippen LogP contribution in [0.5, 0.6) is 0 Å². The smallest absolute Gasteiger partial charge is 0.0588 e. The summed E-state index contributed by atoms with van der Waals surface area (Å²) < 4.78 is 0. The third kappa shape index (κ3) is 13.9. The Balaban J connectivity index is -0.000000213. The third-order valence-corrected chi connectivity index (χ3v) is 1.71. The van der Waals surface area contributed by atoms with Gasteiger partial charge in [0.1, 0.15) is 0 Å². The zero-order valence-electron chi connectivity index (χ0n) is 12.3. The van der Waals surface area contributed by atoms with Crippen LogP contribution in [0.15, 0.2) is 0 Å². The van der Waals surface area contributed by atoms with Crippen LogP contribution < -0.4 is 50.3 Å². The van der Waals surface area contributed by atoms with Crippen molar-refractivity contribution in [1.82, 2.24) is 29.9 Å². The lowest BCUT2D eigenvalue weighted by atomic mass is 10.1. The number of carbonyl (C=O) groups is 4. The summed E-state index contributed by atoms with van der Waals surface area (Å²) in [6.07, 6.45) is -2.14. The molecule has 0 aromatic carbocycles. The van der Waals surface area contributed by atoms with Gasteiger partial charge >= 0.3 is 0 Å². The summed E-state index contributed by atoms with van der Waals surface area (Å²) >= 11 is 0. The summed E-state index contributed by atoms with van der Waals surface area (Å²) in [5, 5.41) is 42.9. The topological polar surface area (TPSA) is 319 Å². The lowest BCUT2D eigenvalue weighted by Crippen LogP contribution is -2.57. The number of carboxylic acid groups (broad SMARTS) is 4. The number of hydrogen-bond donors (Lipinski definition) is 5. The molecule has 0 fully saturated rings. The zero-order chi connectivity index (χ0) is 13.6. The van der Waals surface area contributed by atoms with Crippen molar-refractivity contribution in [3.8, 4) is 0 Å². The molecule has 17 N–H and O–H groups in total. The van der Waals surface area contributed by atoms with Crippen molar-refractivity contribution in [2.24, 2.45) is 0 Å². The summed E-state index contributed by atoms with van der Waals surface area (Å²) in [6, 6.07) is -3.80. The molecular weight excluding hydrogens is 294 g/mol. The highest BCUT2D eigenvalue weighted by molar-refractivity contribution is 5.82. The van der Waals surface area contributed by atoms with Gasteiger partial charge in [-0.3, -0.25) is 0 Å². The molecule has 128 valence electrons. The second-order valence-electron chi connectivity index (χ2n) is 3.06.